The van der Waals surface area contributed by atoms with Gasteiger partial charge in [-0.25, -0.2) is 4.79 Å². The van der Waals surface area contributed by atoms with Crippen LogP contribution in [0.1, 0.15) is 25.5 Å². The second-order valence-corrected chi connectivity index (χ2v) is 4.65. The number of hydrogen-bond acceptors (Lipinski definition) is 4. The van der Waals surface area contributed by atoms with Crippen LogP contribution < -0.4 is 11.2 Å². The van der Waals surface area contributed by atoms with Crippen LogP contribution in [0.2, 0.25) is 0 Å². The quantitative estimate of drug-likeness (QED) is 0.839. The third-order valence-corrected chi connectivity index (χ3v) is 3.25. The lowest BCUT2D eigenvalue weighted by molar-refractivity contribution is 0.568. The van der Waals surface area contributed by atoms with Crippen molar-refractivity contribution in [2.75, 3.05) is 11.5 Å². The van der Waals surface area contributed by atoms with Gasteiger partial charge in [-0.3, -0.25) is 14.3 Å². The minimum atomic E-state index is -0.626. The summed E-state index contributed by atoms with van der Waals surface area (Å²) in [6.45, 7) is 3.91. The fourth-order valence-corrected chi connectivity index (χ4v) is 2.00. The Labute approximate surface area is 97.1 Å². The molecular formula is C10H13N3O2S. The van der Waals surface area contributed by atoms with Crippen LogP contribution in [-0.2, 0) is 0 Å². The van der Waals surface area contributed by atoms with Crippen LogP contribution in [-0.4, -0.2) is 21.1 Å². The number of nitriles is 1. The highest BCUT2D eigenvalue weighted by molar-refractivity contribution is 7.99. The molecule has 0 amide bonds. The SMILES string of the molecule is CCSCC(C)n1cc(C#N)c(=O)[nH]c1=O. The van der Waals surface area contributed by atoms with Crippen LogP contribution in [0.3, 0.4) is 0 Å². The van der Waals surface area contributed by atoms with E-state index in [-0.39, 0.29) is 11.6 Å². The Morgan fingerprint density at radius 3 is 2.88 bits per heavy atom. The molecule has 0 aliphatic heterocycles. The number of H-pyrrole nitrogens is 1. The summed E-state index contributed by atoms with van der Waals surface area (Å²) in [5.74, 6) is 1.74. The summed E-state index contributed by atoms with van der Waals surface area (Å²) in [5.41, 5.74) is -1.12. The summed E-state index contributed by atoms with van der Waals surface area (Å²) in [6, 6.07) is 1.72. The molecule has 1 N–H and O–H groups in total. The van der Waals surface area contributed by atoms with Gasteiger partial charge in [0.1, 0.15) is 11.6 Å². The monoisotopic (exact) mass is 239 g/mol. The molecule has 0 fully saturated rings. The van der Waals surface area contributed by atoms with E-state index in [1.165, 1.54) is 10.8 Å². The van der Waals surface area contributed by atoms with E-state index in [9.17, 15) is 9.59 Å². The van der Waals surface area contributed by atoms with Gasteiger partial charge in [0.15, 0.2) is 0 Å². The van der Waals surface area contributed by atoms with Gasteiger partial charge in [0, 0.05) is 18.0 Å². The number of nitrogens with zero attached hydrogens (tertiary/aromatic N) is 2. The molecule has 1 unspecified atom stereocenters. The molecule has 86 valence electrons. The maximum absolute atomic E-state index is 11.5. The molecule has 16 heavy (non-hydrogen) atoms. The minimum Gasteiger partial charge on any atom is -0.296 e. The van der Waals surface area contributed by atoms with Gasteiger partial charge in [0.25, 0.3) is 5.56 Å². The van der Waals surface area contributed by atoms with Crippen molar-refractivity contribution >= 4 is 11.8 Å². The molecule has 5 nitrogen and oxygen atoms in total. The summed E-state index contributed by atoms with van der Waals surface area (Å²) in [7, 11) is 0. The summed E-state index contributed by atoms with van der Waals surface area (Å²) < 4.78 is 1.39. The van der Waals surface area contributed by atoms with E-state index < -0.39 is 11.2 Å². The maximum Gasteiger partial charge on any atom is 0.328 e. The number of aromatic amines is 1. The maximum atomic E-state index is 11.5. The number of thioether (sulfide) groups is 1. The predicted molar refractivity (Wildman–Crippen MR) is 63.7 cm³/mol. The second-order valence-electron chi connectivity index (χ2n) is 3.33. The Bertz CT molecular complexity index is 512. The molecule has 1 atom stereocenters. The van der Waals surface area contributed by atoms with Crippen LogP contribution in [0.5, 0.6) is 0 Å². The van der Waals surface area contributed by atoms with Crippen LogP contribution in [0, 0.1) is 11.3 Å². The van der Waals surface area contributed by atoms with Gasteiger partial charge in [0.2, 0.25) is 0 Å². The average molecular weight is 239 g/mol. The zero-order chi connectivity index (χ0) is 12.1. The zero-order valence-corrected chi connectivity index (χ0v) is 10.0. The molecule has 0 aliphatic rings. The highest BCUT2D eigenvalue weighted by atomic mass is 32.2. The summed E-state index contributed by atoms with van der Waals surface area (Å²) in [4.78, 5) is 24.8. The molecule has 0 radical (unpaired) electrons. The van der Waals surface area contributed by atoms with Crippen molar-refractivity contribution in [1.82, 2.24) is 9.55 Å². The average Bonchev–Trinajstić information content (AvgIpc) is 2.26. The van der Waals surface area contributed by atoms with Crippen LogP contribution in [0.15, 0.2) is 15.8 Å². The molecule has 0 aliphatic carbocycles. The third kappa shape index (κ3) is 2.76. The topological polar surface area (TPSA) is 78.7 Å². The van der Waals surface area contributed by atoms with Gasteiger partial charge in [-0.1, -0.05) is 6.92 Å². The lowest BCUT2D eigenvalue weighted by Crippen LogP contribution is -2.33. The lowest BCUT2D eigenvalue weighted by Gasteiger charge is -2.13. The van der Waals surface area contributed by atoms with E-state index in [1.54, 1.807) is 17.8 Å². The first kappa shape index (κ1) is 12.6. The Hall–Kier alpha value is -1.48. The molecule has 0 bridgehead atoms. The molecule has 0 saturated heterocycles. The molecule has 1 heterocycles. The van der Waals surface area contributed by atoms with Gasteiger partial charge in [-0.15, -0.1) is 0 Å². The highest BCUT2D eigenvalue weighted by Crippen LogP contribution is 2.10. The van der Waals surface area contributed by atoms with Gasteiger partial charge in [-0.05, 0) is 12.7 Å². The van der Waals surface area contributed by atoms with Gasteiger partial charge < -0.3 is 0 Å². The van der Waals surface area contributed by atoms with E-state index in [0.29, 0.717) is 0 Å². The first-order valence-corrected chi connectivity index (χ1v) is 6.09. The Balaban J connectivity index is 3.10. The zero-order valence-electron chi connectivity index (χ0n) is 9.19. The lowest BCUT2D eigenvalue weighted by atomic mass is 10.3. The number of rotatable bonds is 4. The molecular weight excluding hydrogens is 226 g/mol. The van der Waals surface area contributed by atoms with Crippen molar-refractivity contribution in [3.63, 3.8) is 0 Å². The van der Waals surface area contributed by atoms with Crippen LogP contribution >= 0.6 is 11.8 Å². The highest BCUT2D eigenvalue weighted by Gasteiger charge is 2.09. The van der Waals surface area contributed by atoms with Crippen LogP contribution in [0.4, 0.5) is 0 Å². The van der Waals surface area contributed by atoms with Gasteiger partial charge in [0.05, 0.1) is 0 Å². The fraction of sp³-hybridized carbons (Fsp3) is 0.500. The molecule has 1 rings (SSSR count). The van der Waals surface area contributed by atoms with Crippen molar-refractivity contribution in [3.8, 4) is 6.07 Å². The van der Waals surface area contributed by atoms with E-state index in [0.717, 1.165) is 11.5 Å². The largest absolute Gasteiger partial charge is 0.328 e. The van der Waals surface area contributed by atoms with E-state index in [2.05, 4.69) is 4.98 Å². The van der Waals surface area contributed by atoms with Crippen molar-refractivity contribution in [2.45, 2.75) is 19.9 Å². The van der Waals surface area contributed by atoms with Crippen molar-refractivity contribution in [1.29, 1.82) is 5.26 Å². The standard InChI is InChI=1S/C10H13N3O2S/c1-3-16-6-7(2)13-5-8(4-11)9(14)12-10(13)15/h5,7H,3,6H2,1-2H3,(H,12,14,15). The van der Waals surface area contributed by atoms with Crippen LogP contribution in [0.25, 0.3) is 0 Å². The first-order valence-electron chi connectivity index (χ1n) is 4.93. The summed E-state index contributed by atoms with van der Waals surface area (Å²) >= 11 is 1.70. The van der Waals surface area contributed by atoms with E-state index in [4.69, 9.17) is 5.26 Å². The number of aromatic nitrogens is 2. The predicted octanol–water partition coefficient (Wildman–Crippen LogP) is 0.722. The molecule has 1 aromatic rings. The summed E-state index contributed by atoms with van der Waals surface area (Å²) in [6.07, 6.45) is 1.32. The van der Waals surface area contributed by atoms with E-state index in [1.807, 2.05) is 13.8 Å². The number of hydrogen-bond donors (Lipinski definition) is 1. The Kier molecular flexibility index (Phi) is 4.38. The molecule has 0 saturated carbocycles. The molecule has 0 aromatic carbocycles. The molecule has 1 aromatic heterocycles. The van der Waals surface area contributed by atoms with E-state index >= 15 is 0 Å². The second kappa shape index (κ2) is 5.56. The Morgan fingerprint density at radius 1 is 1.62 bits per heavy atom. The fourth-order valence-electron chi connectivity index (χ4n) is 1.26. The van der Waals surface area contributed by atoms with Crippen molar-refractivity contribution in [3.05, 3.63) is 32.6 Å². The normalized spacial score (nSPS) is 12.1. The van der Waals surface area contributed by atoms with Gasteiger partial charge >= 0.3 is 5.69 Å². The van der Waals surface area contributed by atoms with Gasteiger partial charge in [-0.2, -0.15) is 17.0 Å². The minimum absolute atomic E-state index is 0.0343. The van der Waals surface area contributed by atoms with Crippen molar-refractivity contribution in [2.24, 2.45) is 0 Å². The summed E-state index contributed by atoms with van der Waals surface area (Å²) in [5, 5.41) is 8.70. The molecule has 6 heteroatoms. The Morgan fingerprint density at radius 2 is 2.31 bits per heavy atom. The smallest absolute Gasteiger partial charge is 0.296 e. The van der Waals surface area contributed by atoms with Crippen molar-refractivity contribution < 1.29 is 0 Å². The third-order valence-electron chi connectivity index (χ3n) is 2.13. The number of nitrogens with one attached hydrogen (secondary N) is 1. The molecule has 0 spiro atoms. The first-order chi connectivity index (χ1) is 7.60.